The van der Waals surface area contributed by atoms with Crippen molar-refractivity contribution in [1.82, 2.24) is 25.3 Å². The van der Waals surface area contributed by atoms with Gasteiger partial charge in [-0.3, -0.25) is 19.1 Å². The Morgan fingerprint density at radius 3 is 2.62 bits per heavy atom. The summed E-state index contributed by atoms with van der Waals surface area (Å²) in [5, 5.41) is 10.5. The molecule has 0 saturated carbocycles. The van der Waals surface area contributed by atoms with Gasteiger partial charge in [-0.1, -0.05) is 26.0 Å². The molecule has 3 aromatic rings. The summed E-state index contributed by atoms with van der Waals surface area (Å²) < 4.78 is 19.2. The molecule has 2 aromatic carbocycles. The van der Waals surface area contributed by atoms with Crippen LogP contribution in [0.25, 0.3) is 0 Å². The second kappa shape index (κ2) is 12.5. The van der Waals surface area contributed by atoms with Crippen LogP contribution in [0.1, 0.15) is 52.9 Å². The van der Waals surface area contributed by atoms with Crippen molar-refractivity contribution in [2.24, 2.45) is 5.92 Å². The number of aromatic nitrogens is 2. The van der Waals surface area contributed by atoms with E-state index < -0.39 is 12.1 Å². The van der Waals surface area contributed by atoms with Gasteiger partial charge in [-0.15, -0.1) is 0 Å². The molecule has 1 fully saturated rings. The number of hydrogen-bond acceptors (Lipinski definition) is 7. The van der Waals surface area contributed by atoms with Crippen LogP contribution in [-0.4, -0.2) is 71.4 Å². The summed E-state index contributed by atoms with van der Waals surface area (Å²) in [5.74, 6) is 0.857. The zero-order chi connectivity index (χ0) is 29.8. The molecule has 0 radical (unpaired) electrons. The number of rotatable bonds is 5. The maximum atomic E-state index is 13.8. The summed E-state index contributed by atoms with van der Waals surface area (Å²) in [6.45, 7) is 7.40. The molecule has 11 heteroatoms. The predicted molar refractivity (Wildman–Crippen MR) is 155 cm³/mol. The van der Waals surface area contributed by atoms with Gasteiger partial charge in [0.15, 0.2) is 18.1 Å². The average Bonchev–Trinajstić information content (AvgIpc) is 3.57. The summed E-state index contributed by atoms with van der Waals surface area (Å²) in [6, 6.07) is 13.5. The Morgan fingerprint density at radius 1 is 1.12 bits per heavy atom. The molecule has 4 heterocycles. The number of methoxy groups -OCH3 is 1. The highest BCUT2D eigenvalue weighted by Crippen LogP contribution is 2.29. The molecule has 4 bridgehead atoms. The van der Waals surface area contributed by atoms with Crippen LogP contribution in [0, 0.1) is 5.92 Å². The van der Waals surface area contributed by atoms with Gasteiger partial charge >= 0.3 is 0 Å². The van der Waals surface area contributed by atoms with Gasteiger partial charge in [-0.25, -0.2) is 0 Å². The number of nitrogens with zero attached hydrogens (tertiary/aromatic N) is 3. The maximum Gasteiger partial charge on any atom is 0.272 e. The monoisotopic (exact) mass is 575 g/mol. The molecule has 2 atom stereocenters. The second-order valence-corrected chi connectivity index (χ2v) is 11.0. The Bertz CT molecular complexity index is 1450. The van der Waals surface area contributed by atoms with E-state index in [0.717, 1.165) is 17.7 Å². The van der Waals surface area contributed by atoms with E-state index in [1.165, 1.54) is 7.11 Å². The highest BCUT2D eigenvalue weighted by Gasteiger charge is 2.39. The van der Waals surface area contributed by atoms with Gasteiger partial charge in [-0.05, 0) is 61.2 Å². The number of carbonyl (C=O) groups excluding carboxylic acids is 3. The van der Waals surface area contributed by atoms with Gasteiger partial charge in [0.1, 0.15) is 17.5 Å². The summed E-state index contributed by atoms with van der Waals surface area (Å²) in [4.78, 5) is 41.3. The molecule has 11 nitrogen and oxygen atoms in total. The minimum absolute atomic E-state index is 0.155. The van der Waals surface area contributed by atoms with Crippen molar-refractivity contribution >= 4 is 17.7 Å². The lowest BCUT2D eigenvalue weighted by molar-refractivity contribution is -0.123. The number of carbonyl (C=O) groups is 3. The summed E-state index contributed by atoms with van der Waals surface area (Å²) in [5.41, 5.74) is 2.62. The van der Waals surface area contributed by atoms with E-state index in [1.807, 2.05) is 37.3 Å². The largest absolute Gasteiger partial charge is 0.493 e. The Hall–Kier alpha value is -4.54. The highest BCUT2D eigenvalue weighted by molar-refractivity contribution is 5.96. The Labute approximate surface area is 245 Å². The molecule has 42 heavy (non-hydrogen) atoms. The molecule has 1 aromatic heterocycles. The van der Waals surface area contributed by atoms with Crippen LogP contribution in [0.4, 0.5) is 0 Å². The van der Waals surface area contributed by atoms with Crippen molar-refractivity contribution in [1.29, 1.82) is 0 Å². The van der Waals surface area contributed by atoms with E-state index in [1.54, 1.807) is 27.8 Å². The first-order chi connectivity index (χ1) is 20.2. The average molecular weight is 576 g/mol. The fourth-order valence-electron chi connectivity index (χ4n) is 5.20. The molecule has 2 N–H and O–H groups in total. The molecule has 0 aliphatic carbocycles. The van der Waals surface area contributed by atoms with Crippen LogP contribution in [0.5, 0.6) is 17.2 Å². The molecule has 3 aliphatic rings. The van der Waals surface area contributed by atoms with Gasteiger partial charge < -0.3 is 29.7 Å². The first-order valence-corrected chi connectivity index (χ1v) is 14.2. The SMILES string of the molecule is CCn1nc(CC(C)C)cc1C(=O)N1C[C@@H]2NC(=O)c3ccc(OC)c(c3)OCC(=O)NCc3ccc(cc3)O[C@H]2C1. The van der Waals surface area contributed by atoms with E-state index in [9.17, 15) is 14.4 Å². The third-order valence-electron chi connectivity index (χ3n) is 7.32. The highest BCUT2D eigenvalue weighted by atomic mass is 16.5. The van der Waals surface area contributed by atoms with Crippen molar-refractivity contribution in [3.8, 4) is 17.2 Å². The first kappa shape index (κ1) is 29.0. The smallest absolute Gasteiger partial charge is 0.272 e. The topological polar surface area (TPSA) is 124 Å². The van der Waals surface area contributed by atoms with Crippen LogP contribution in [0.2, 0.25) is 0 Å². The predicted octanol–water partition coefficient (Wildman–Crippen LogP) is 2.82. The zero-order valence-electron chi connectivity index (χ0n) is 24.4. The number of likely N-dealkylation sites (tertiary alicyclic amines) is 1. The van der Waals surface area contributed by atoms with E-state index >= 15 is 0 Å². The number of ether oxygens (including phenoxy) is 3. The number of benzene rings is 2. The van der Waals surface area contributed by atoms with Crippen LogP contribution in [-0.2, 0) is 24.3 Å². The van der Waals surface area contributed by atoms with E-state index in [2.05, 4.69) is 29.6 Å². The Balaban J connectivity index is 1.44. The fraction of sp³-hybridized carbons (Fsp3) is 0.419. The van der Waals surface area contributed by atoms with Crippen molar-refractivity contribution in [3.63, 3.8) is 0 Å². The lowest BCUT2D eigenvalue weighted by atomic mass is 10.1. The van der Waals surface area contributed by atoms with Crippen LogP contribution in [0.3, 0.4) is 0 Å². The molecule has 0 unspecified atom stereocenters. The van der Waals surface area contributed by atoms with Gasteiger partial charge in [0, 0.05) is 25.2 Å². The van der Waals surface area contributed by atoms with Gasteiger partial charge in [0.05, 0.1) is 25.4 Å². The van der Waals surface area contributed by atoms with E-state index in [4.69, 9.17) is 14.2 Å². The number of fused-ring (bicyclic) bond motifs is 7. The normalized spacial score (nSPS) is 18.9. The van der Waals surface area contributed by atoms with E-state index in [0.29, 0.717) is 41.8 Å². The fourth-order valence-corrected chi connectivity index (χ4v) is 5.20. The minimum atomic E-state index is -0.499. The van der Waals surface area contributed by atoms with Crippen LogP contribution >= 0.6 is 0 Å². The van der Waals surface area contributed by atoms with E-state index in [-0.39, 0.29) is 43.2 Å². The zero-order valence-corrected chi connectivity index (χ0v) is 24.4. The number of nitrogens with one attached hydrogen (secondary N) is 2. The summed E-state index contributed by atoms with van der Waals surface area (Å²) in [6.07, 6.45) is 0.284. The van der Waals surface area contributed by atoms with Crippen molar-refractivity contribution in [3.05, 3.63) is 71.0 Å². The van der Waals surface area contributed by atoms with Crippen molar-refractivity contribution in [2.75, 3.05) is 26.8 Å². The van der Waals surface area contributed by atoms with Gasteiger partial charge in [-0.2, -0.15) is 5.10 Å². The molecule has 3 aliphatic heterocycles. The number of amides is 3. The molecular weight excluding hydrogens is 538 g/mol. The number of aryl methyl sites for hydroxylation is 1. The third-order valence-corrected chi connectivity index (χ3v) is 7.32. The molecule has 0 spiro atoms. The molecule has 6 rings (SSSR count). The molecule has 222 valence electrons. The summed E-state index contributed by atoms with van der Waals surface area (Å²) >= 11 is 0. The molecule has 3 amide bonds. The molecular formula is C31H37N5O6. The van der Waals surface area contributed by atoms with Crippen molar-refractivity contribution < 1.29 is 28.6 Å². The number of hydrogen-bond donors (Lipinski definition) is 2. The first-order valence-electron chi connectivity index (χ1n) is 14.2. The lowest BCUT2D eigenvalue weighted by Crippen LogP contribution is -2.45. The van der Waals surface area contributed by atoms with Crippen LogP contribution < -0.4 is 24.8 Å². The van der Waals surface area contributed by atoms with Gasteiger partial charge in [0.2, 0.25) is 0 Å². The standard InChI is InChI=1S/C31H37N5O6/c1-5-36-25(14-22(34-36)12-19(2)3)31(39)35-16-24-28(17-35)42-23-9-6-20(7-10-23)15-32-29(37)18-41-27-13-21(30(38)33-24)8-11-26(27)40-4/h6-11,13-14,19,24,28H,5,12,15-18H2,1-4H3,(H,32,37)(H,33,38)/t24-,28-/m0/s1. The third kappa shape index (κ3) is 6.50. The van der Waals surface area contributed by atoms with Gasteiger partial charge in [0.25, 0.3) is 17.7 Å². The van der Waals surface area contributed by atoms with Crippen molar-refractivity contribution in [2.45, 2.75) is 52.4 Å². The second-order valence-electron chi connectivity index (χ2n) is 11.0. The summed E-state index contributed by atoms with van der Waals surface area (Å²) in [7, 11) is 1.49. The quantitative estimate of drug-likeness (QED) is 0.480. The maximum absolute atomic E-state index is 13.8. The minimum Gasteiger partial charge on any atom is -0.493 e. The van der Waals surface area contributed by atoms with Crippen LogP contribution in [0.15, 0.2) is 48.5 Å². The Morgan fingerprint density at radius 2 is 1.90 bits per heavy atom. The lowest BCUT2D eigenvalue weighted by Gasteiger charge is -2.21. The Kier molecular flexibility index (Phi) is 8.65. The molecule has 1 saturated heterocycles.